The highest BCUT2D eigenvalue weighted by atomic mass is 35.5. The van der Waals surface area contributed by atoms with Crippen molar-refractivity contribution in [2.24, 2.45) is 5.73 Å². The minimum Gasteiger partial charge on any atom is -0.313 e. The zero-order valence-corrected chi connectivity index (χ0v) is 11.3. The van der Waals surface area contributed by atoms with Gasteiger partial charge in [0.2, 0.25) is 0 Å². The average molecular weight is 271 g/mol. The van der Waals surface area contributed by atoms with Crippen LogP contribution in [0.15, 0.2) is 54.6 Å². The second kappa shape index (κ2) is 5.88. The van der Waals surface area contributed by atoms with Crippen LogP contribution in [0.3, 0.4) is 0 Å². The molecule has 0 fully saturated rings. The van der Waals surface area contributed by atoms with E-state index < -0.39 is 5.54 Å². The monoisotopic (exact) mass is 270 g/mol. The van der Waals surface area contributed by atoms with Crippen molar-refractivity contribution in [3.63, 3.8) is 0 Å². The molecule has 2 N–H and O–H groups in total. The van der Waals surface area contributed by atoms with E-state index in [9.17, 15) is 5.26 Å². The van der Waals surface area contributed by atoms with Gasteiger partial charge in [0.25, 0.3) is 0 Å². The van der Waals surface area contributed by atoms with Gasteiger partial charge in [-0.2, -0.15) is 5.26 Å². The van der Waals surface area contributed by atoms with E-state index in [-0.39, 0.29) is 0 Å². The molecule has 3 heteroatoms. The van der Waals surface area contributed by atoms with Crippen molar-refractivity contribution in [3.05, 3.63) is 70.7 Å². The Morgan fingerprint density at radius 3 is 2.26 bits per heavy atom. The molecule has 1 unspecified atom stereocenters. The average Bonchev–Trinajstić information content (AvgIpc) is 2.40. The van der Waals surface area contributed by atoms with E-state index >= 15 is 0 Å². The van der Waals surface area contributed by atoms with Gasteiger partial charge in [-0.15, -0.1) is 0 Å². The van der Waals surface area contributed by atoms with Gasteiger partial charge in [0, 0.05) is 17.9 Å². The number of halogens is 1. The third-order valence-electron chi connectivity index (χ3n) is 2.99. The van der Waals surface area contributed by atoms with Gasteiger partial charge in [0.15, 0.2) is 0 Å². The van der Waals surface area contributed by atoms with E-state index in [0.29, 0.717) is 17.9 Å². The molecule has 0 aliphatic carbocycles. The van der Waals surface area contributed by atoms with Crippen LogP contribution in [0.2, 0.25) is 5.02 Å². The Labute approximate surface area is 118 Å². The molecule has 19 heavy (non-hydrogen) atoms. The number of nitriles is 1. The SMILES string of the molecule is N#CC(N)(Cc1ccccc1)Cc1cccc(Cl)c1. The lowest BCUT2D eigenvalue weighted by Gasteiger charge is -2.21. The fourth-order valence-electron chi connectivity index (χ4n) is 2.11. The Morgan fingerprint density at radius 2 is 1.63 bits per heavy atom. The van der Waals surface area contributed by atoms with Crippen molar-refractivity contribution < 1.29 is 0 Å². The van der Waals surface area contributed by atoms with Crippen LogP contribution in [0, 0.1) is 11.3 Å². The lowest BCUT2D eigenvalue weighted by atomic mass is 9.87. The van der Waals surface area contributed by atoms with Crippen molar-refractivity contribution >= 4 is 11.6 Å². The summed E-state index contributed by atoms with van der Waals surface area (Å²) in [5.41, 5.74) is 7.34. The molecule has 2 rings (SSSR count). The van der Waals surface area contributed by atoms with E-state index in [0.717, 1.165) is 11.1 Å². The molecule has 96 valence electrons. The van der Waals surface area contributed by atoms with Gasteiger partial charge in [-0.05, 0) is 23.3 Å². The summed E-state index contributed by atoms with van der Waals surface area (Å²) in [6.45, 7) is 0. The van der Waals surface area contributed by atoms with Crippen LogP contribution in [0.1, 0.15) is 11.1 Å². The minimum absolute atomic E-state index is 0.485. The second-order valence-corrected chi connectivity index (χ2v) is 5.17. The number of hydrogen-bond donors (Lipinski definition) is 1. The number of nitrogens with two attached hydrogens (primary N) is 1. The summed E-state index contributed by atoms with van der Waals surface area (Å²) in [6.07, 6.45) is 1.01. The molecule has 0 heterocycles. The maximum absolute atomic E-state index is 9.37. The minimum atomic E-state index is -0.911. The lowest BCUT2D eigenvalue weighted by molar-refractivity contribution is 0.535. The highest BCUT2D eigenvalue weighted by Gasteiger charge is 2.25. The van der Waals surface area contributed by atoms with Crippen molar-refractivity contribution in [2.75, 3.05) is 0 Å². The van der Waals surface area contributed by atoms with Crippen LogP contribution in [0.25, 0.3) is 0 Å². The maximum Gasteiger partial charge on any atom is 0.112 e. The quantitative estimate of drug-likeness (QED) is 0.926. The third kappa shape index (κ3) is 3.82. The molecular formula is C16H15ClN2. The zero-order chi connectivity index (χ0) is 13.7. The highest BCUT2D eigenvalue weighted by Crippen LogP contribution is 2.19. The molecule has 2 aromatic carbocycles. The van der Waals surface area contributed by atoms with E-state index in [2.05, 4.69) is 6.07 Å². The molecule has 0 saturated heterocycles. The molecule has 0 saturated carbocycles. The molecule has 0 amide bonds. The Balaban J connectivity index is 2.17. The Bertz CT molecular complexity index is 589. The zero-order valence-electron chi connectivity index (χ0n) is 10.5. The topological polar surface area (TPSA) is 49.8 Å². The second-order valence-electron chi connectivity index (χ2n) is 4.74. The molecule has 2 aromatic rings. The number of benzene rings is 2. The standard InChI is InChI=1S/C16H15ClN2/c17-15-8-4-7-14(9-15)11-16(19,12-18)10-13-5-2-1-3-6-13/h1-9H,10-11,19H2. The predicted octanol–water partition coefficient (Wildman–Crippen LogP) is 3.35. The molecule has 0 radical (unpaired) electrons. The molecule has 0 aliphatic heterocycles. The first kappa shape index (κ1) is 13.6. The first-order valence-electron chi connectivity index (χ1n) is 6.10. The number of hydrogen-bond acceptors (Lipinski definition) is 2. The Kier molecular flexibility index (Phi) is 4.21. The number of nitrogens with zero attached hydrogens (tertiary/aromatic N) is 1. The van der Waals surface area contributed by atoms with Gasteiger partial charge in [-0.3, -0.25) is 0 Å². The van der Waals surface area contributed by atoms with Crippen LogP contribution in [0.5, 0.6) is 0 Å². The van der Waals surface area contributed by atoms with Crippen LogP contribution >= 0.6 is 11.6 Å². The summed E-state index contributed by atoms with van der Waals surface area (Å²) in [5, 5.41) is 10.0. The van der Waals surface area contributed by atoms with Crippen LogP contribution in [-0.2, 0) is 12.8 Å². The van der Waals surface area contributed by atoms with Crippen molar-refractivity contribution in [2.45, 2.75) is 18.4 Å². The number of rotatable bonds is 4. The van der Waals surface area contributed by atoms with Crippen molar-refractivity contribution in [3.8, 4) is 6.07 Å². The smallest absolute Gasteiger partial charge is 0.112 e. The Morgan fingerprint density at radius 1 is 1.00 bits per heavy atom. The fourth-order valence-corrected chi connectivity index (χ4v) is 2.33. The van der Waals surface area contributed by atoms with Crippen molar-refractivity contribution in [1.29, 1.82) is 5.26 Å². The van der Waals surface area contributed by atoms with E-state index in [1.54, 1.807) is 0 Å². The maximum atomic E-state index is 9.37. The largest absolute Gasteiger partial charge is 0.313 e. The van der Waals surface area contributed by atoms with Crippen LogP contribution in [-0.4, -0.2) is 5.54 Å². The molecule has 0 spiro atoms. The molecule has 0 aliphatic rings. The summed E-state index contributed by atoms with van der Waals surface area (Å²) in [6, 6.07) is 19.5. The van der Waals surface area contributed by atoms with Crippen molar-refractivity contribution in [1.82, 2.24) is 0 Å². The van der Waals surface area contributed by atoms with Crippen LogP contribution < -0.4 is 5.73 Å². The van der Waals surface area contributed by atoms with Gasteiger partial charge in [-0.25, -0.2) is 0 Å². The fraction of sp³-hybridized carbons (Fsp3) is 0.188. The third-order valence-corrected chi connectivity index (χ3v) is 3.23. The molecule has 0 bridgehead atoms. The Hall–Kier alpha value is -1.82. The summed E-state index contributed by atoms with van der Waals surface area (Å²) in [5.74, 6) is 0. The summed E-state index contributed by atoms with van der Waals surface area (Å²) in [4.78, 5) is 0. The molecular weight excluding hydrogens is 256 g/mol. The van der Waals surface area contributed by atoms with Gasteiger partial charge in [0.05, 0.1) is 6.07 Å². The summed E-state index contributed by atoms with van der Waals surface area (Å²) < 4.78 is 0. The summed E-state index contributed by atoms with van der Waals surface area (Å²) >= 11 is 5.95. The first-order chi connectivity index (χ1) is 9.11. The van der Waals surface area contributed by atoms with Gasteiger partial charge in [-0.1, -0.05) is 54.1 Å². The van der Waals surface area contributed by atoms with Crippen LogP contribution in [0.4, 0.5) is 0 Å². The van der Waals surface area contributed by atoms with E-state index in [4.69, 9.17) is 17.3 Å². The molecule has 1 atom stereocenters. The molecule has 0 aromatic heterocycles. The van der Waals surface area contributed by atoms with E-state index in [1.165, 1.54) is 0 Å². The van der Waals surface area contributed by atoms with Gasteiger partial charge >= 0.3 is 0 Å². The normalized spacial score (nSPS) is 13.5. The highest BCUT2D eigenvalue weighted by molar-refractivity contribution is 6.30. The lowest BCUT2D eigenvalue weighted by Crippen LogP contribution is -2.42. The molecule has 2 nitrogen and oxygen atoms in total. The first-order valence-corrected chi connectivity index (χ1v) is 6.48. The van der Waals surface area contributed by atoms with Gasteiger partial charge < -0.3 is 5.73 Å². The van der Waals surface area contributed by atoms with Gasteiger partial charge in [0.1, 0.15) is 5.54 Å². The predicted molar refractivity (Wildman–Crippen MR) is 77.8 cm³/mol. The van der Waals surface area contributed by atoms with E-state index in [1.807, 2.05) is 54.6 Å². The summed E-state index contributed by atoms with van der Waals surface area (Å²) in [7, 11) is 0.